The van der Waals surface area contributed by atoms with Crippen LogP contribution in [0.4, 0.5) is 11.8 Å². The zero-order valence-electron chi connectivity index (χ0n) is 15.2. The molecule has 0 amide bonds. The Labute approximate surface area is 169 Å². The number of nitrogens with zero attached hydrogens (tertiary/aromatic N) is 5. The molecule has 2 aliphatic heterocycles. The normalized spacial score (nSPS) is 18.7. The summed E-state index contributed by atoms with van der Waals surface area (Å²) in [6.45, 7) is 7.81. The van der Waals surface area contributed by atoms with Gasteiger partial charge in [0.25, 0.3) is 0 Å². The molecule has 2 aliphatic rings. The van der Waals surface area contributed by atoms with Crippen molar-refractivity contribution in [1.29, 1.82) is 0 Å². The van der Waals surface area contributed by atoms with Crippen LogP contribution in [-0.4, -0.2) is 67.4 Å². The maximum Gasteiger partial charge on any atom is 0.227 e. The van der Waals surface area contributed by atoms with E-state index in [2.05, 4.69) is 19.7 Å². The molecule has 2 aromatic rings. The van der Waals surface area contributed by atoms with Crippen molar-refractivity contribution < 1.29 is 4.74 Å². The van der Waals surface area contributed by atoms with Crippen molar-refractivity contribution in [1.82, 2.24) is 14.9 Å². The van der Waals surface area contributed by atoms with Crippen molar-refractivity contribution in [2.75, 3.05) is 62.3 Å². The smallest absolute Gasteiger partial charge is 0.227 e. The summed E-state index contributed by atoms with van der Waals surface area (Å²) in [6.07, 6.45) is 1.85. The molecule has 8 heteroatoms. The minimum atomic E-state index is 0.674. The predicted octanol–water partition coefficient (Wildman–Crippen LogP) is 2.94. The van der Waals surface area contributed by atoms with Gasteiger partial charge in [0, 0.05) is 62.1 Å². The van der Waals surface area contributed by atoms with Crippen LogP contribution in [-0.2, 0) is 11.3 Å². The van der Waals surface area contributed by atoms with Gasteiger partial charge in [-0.1, -0.05) is 29.3 Å². The van der Waals surface area contributed by atoms with Crippen LogP contribution in [0.3, 0.4) is 0 Å². The van der Waals surface area contributed by atoms with Gasteiger partial charge in [0.2, 0.25) is 5.95 Å². The summed E-state index contributed by atoms with van der Waals surface area (Å²) >= 11 is 12.3. The van der Waals surface area contributed by atoms with Crippen LogP contribution >= 0.6 is 23.2 Å². The first kappa shape index (κ1) is 18.7. The van der Waals surface area contributed by atoms with Gasteiger partial charge >= 0.3 is 0 Å². The van der Waals surface area contributed by atoms with Gasteiger partial charge in [0.15, 0.2) is 0 Å². The lowest BCUT2D eigenvalue weighted by molar-refractivity contribution is 0.122. The molecule has 2 saturated heterocycles. The quantitative estimate of drug-likeness (QED) is 0.775. The number of morpholine rings is 1. The van der Waals surface area contributed by atoms with E-state index in [0.717, 1.165) is 81.4 Å². The standard InChI is InChI=1S/C19H23Cl2N5O/c20-16-2-1-15(17(21)13-16)14-24-5-7-25(8-6-24)18-3-4-22-19(23-18)26-9-11-27-12-10-26/h1-4,13H,5-12,14H2. The van der Waals surface area contributed by atoms with E-state index in [9.17, 15) is 0 Å². The van der Waals surface area contributed by atoms with Crippen LogP contribution < -0.4 is 9.80 Å². The molecule has 0 N–H and O–H groups in total. The largest absolute Gasteiger partial charge is 0.378 e. The summed E-state index contributed by atoms with van der Waals surface area (Å²) in [6, 6.07) is 7.71. The summed E-state index contributed by atoms with van der Waals surface area (Å²) in [5.41, 5.74) is 1.12. The molecular weight excluding hydrogens is 385 g/mol. The van der Waals surface area contributed by atoms with E-state index in [4.69, 9.17) is 32.9 Å². The average Bonchev–Trinajstić information content (AvgIpc) is 2.71. The number of anilines is 2. The van der Waals surface area contributed by atoms with Crippen molar-refractivity contribution in [2.24, 2.45) is 0 Å². The van der Waals surface area contributed by atoms with E-state index in [0.29, 0.717) is 5.02 Å². The predicted molar refractivity (Wildman–Crippen MR) is 109 cm³/mol. The molecule has 2 fully saturated rings. The molecule has 27 heavy (non-hydrogen) atoms. The van der Waals surface area contributed by atoms with Gasteiger partial charge in [-0.2, -0.15) is 4.98 Å². The van der Waals surface area contributed by atoms with Crippen LogP contribution in [0.25, 0.3) is 0 Å². The molecular formula is C19H23Cl2N5O. The van der Waals surface area contributed by atoms with E-state index in [-0.39, 0.29) is 0 Å². The van der Waals surface area contributed by atoms with Crippen LogP contribution in [0.15, 0.2) is 30.5 Å². The third-order valence-corrected chi connectivity index (χ3v) is 5.61. The molecule has 0 atom stereocenters. The molecule has 0 radical (unpaired) electrons. The number of hydrogen-bond donors (Lipinski definition) is 0. The second-order valence-electron chi connectivity index (χ2n) is 6.81. The minimum absolute atomic E-state index is 0.674. The molecule has 0 saturated carbocycles. The van der Waals surface area contributed by atoms with Crippen LogP contribution in [0.1, 0.15) is 5.56 Å². The van der Waals surface area contributed by atoms with E-state index in [1.807, 2.05) is 30.5 Å². The van der Waals surface area contributed by atoms with Crippen molar-refractivity contribution in [3.05, 3.63) is 46.1 Å². The molecule has 3 heterocycles. The van der Waals surface area contributed by atoms with Crippen LogP contribution in [0.2, 0.25) is 10.0 Å². The Hall–Kier alpha value is -1.60. The van der Waals surface area contributed by atoms with Crippen molar-refractivity contribution in [3.63, 3.8) is 0 Å². The van der Waals surface area contributed by atoms with E-state index >= 15 is 0 Å². The molecule has 144 valence electrons. The molecule has 1 aromatic carbocycles. The van der Waals surface area contributed by atoms with Crippen molar-refractivity contribution in [3.8, 4) is 0 Å². The van der Waals surface area contributed by atoms with Crippen LogP contribution in [0, 0.1) is 0 Å². The highest BCUT2D eigenvalue weighted by Gasteiger charge is 2.21. The lowest BCUT2D eigenvalue weighted by atomic mass is 10.2. The highest BCUT2D eigenvalue weighted by atomic mass is 35.5. The van der Waals surface area contributed by atoms with Gasteiger partial charge in [-0.25, -0.2) is 4.98 Å². The number of benzene rings is 1. The number of aromatic nitrogens is 2. The molecule has 0 unspecified atom stereocenters. The summed E-state index contributed by atoms with van der Waals surface area (Å²) in [5, 5.41) is 1.41. The molecule has 0 bridgehead atoms. The number of piperazine rings is 1. The zero-order chi connectivity index (χ0) is 18.6. The molecule has 6 nitrogen and oxygen atoms in total. The fourth-order valence-electron chi connectivity index (χ4n) is 3.46. The van der Waals surface area contributed by atoms with E-state index in [1.54, 1.807) is 0 Å². The highest BCUT2D eigenvalue weighted by molar-refractivity contribution is 6.35. The summed E-state index contributed by atoms with van der Waals surface area (Å²) in [5.74, 6) is 1.79. The molecule has 1 aromatic heterocycles. The summed E-state index contributed by atoms with van der Waals surface area (Å²) in [4.78, 5) is 16.1. The maximum atomic E-state index is 6.31. The Balaban J connectivity index is 1.36. The summed E-state index contributed by atoms with van der Waals surface area (Å²) < 4.78 is 5.41. The lowest BCUT2D eigenvalue weighted by Crippen LogP contribution is -2.46. The van der Waals surface area contributed by atoms with Gasteiger partial charge in [0.05, 0.1) is 13.2 Å². The fourth-order valence-corrected chi connectivity index (χ4v) is 3.93. The zero-order valence-corrected chi connectivity index (χ0v) is 16.7. The molecule has 0 spiro atoms. The third-order valence-electron chi connectivity index (χ3n) is 5.03. The first-order valence-corrected chi connectivity index (χ1v) is 10.0. The second-order valence-corrected chi connectivity index (χ2v) is 7.66. The van der Waals surface area contributed by atoms with E-state index in [1.165, 1.54) is 0 Å². The maximum absolute atomic E-state index is 6.31. The Morgan fingerprint density at radius 1 is 0.926 bits per heavy atom. The Kier molecular flexibility index (Phi) is 5.98. The lowest BCUT2D eigenvalue weighted by Gasteiger charge is -2.36. The first-order valence-electron chi connectivity index (χ1n) is 9.26. The SMILES string of the molecule is Clc1ccc(CN2CCN(c3ccnc(N4CCOCC4)n3)CC2)c(Cl)c1. The van der Waals surface area contributed by atoms with Gasteiger partial charge in [-0.3, -0.25) is 4.90 Å². The van der Waals surface area contributed by atoms with Crippen LogP contribution in [0.5, 0.6) is 0 Å². The summed E-state index contributed by atoms with van der Waals surface area (Å²) in [7, 11) is 0. The topological polar surface area (TPSA) is 44.7 Å². The Morgan fingerprint density at radius 3 is 2.44 bits per heavy atom. The Bertz CT molecular complexity index is 776. The molecule has 4 rings (SSSR count). The molecule has 0 aliphatic carbocycles. The third kappa shape index (κ3) is 4.63. The number of hydrogen-bond acceptors (Lipinski definition) is 6. The van der Waals surface area contributed by atoms with Crippen molar-refractivity contribution in [2.45, 2.75) is 6.54 Å². The second kappa shape index (κ2) is 8.61. The van der Waals surface area contributed by atoms with Gasteiger partial charge < -0.3 is 14.5 Å². The fraction of sp³-hybridized carbons (Fsp3) is 0.474. The monoisotopic (exact) mass is 407 g/mol. The Morgan fingerprint density at radius 2 is 1.70 bits per heavy atom. The average molecular weight is 408 g/mol. The minimum Gasteiger partial charge on any atom is -0.378 e. The number of rotatable bonds is 4. The number of halogens is 2. The van der Waals surface area contributed by atoms with E-state index < -0.39 is 0 Å². The first-order chi connectivity index (χ1) is 13.2. The van der Waals surface area contributed by atoms with Gasteiger partial charge in [-0.15, -0.1) is 0 Å². The number of ether oxygens (including phenoxy) is 1. The highest BCUT2D eigenvalue weighted by Crippen LogP contribution is 2.23. The van der Waals surface area contributed by atoms with Gasteiger partial charge in [-0.05, 0) is 23.8 Å². The van der Waals surface area contributed by atoms with Gasteiger partial charge in [0.1, 0.15) is 5.82 Å². The van der Waals surface area contributed by atoms with Crippen molar-refractivity contribution >= 4 is 35.0 Å².